The molecule has 1 fully saturated rings. The molecule has 24 heavy (non-hydrogen) atoms. The number of fused-ring (bicyclic) bond motifs is 3. The Morgan fingerprint density at radius 2 is 1.92 bits per heavy atom. The summed E-state index contributed by atoms with van der Waals surface area (Å²) in [5, 5.41) is 13.3. The van der Waals surface area contributed by atoms with E-state index in [0.717, 1.165) is 12.1 Å². The SMILES string of the molecule is CC.Cc1cc2c(cc1C(C)C)/C(=N/O)CC1C(C)CCCC21C. The Morgan fingerprint density at radius 1 is 1.25 bits per heavy atom. The molecule has 1 aromatic rings. The average Bonchev–Trinajstić information content (AvgIpc) is 2.56. The second-order valence-electron chi connectivity index (χ2n) is 8.05. The Bertz CT molecular complexity index is 617. The van der Waals surface area contributed by atoms with E-state index in [1.54, 1.807) is 0 Å². The summed E-state index contributed by atoms with van der Waals surface area (Å²) >= 11 is 0. The fraction of sp³-hybridized carbons (Fsp3) is 0.682. The Hall–Kier alpha value is -1.31. The van der Waals surface area contributed by atoms with Gasteiger partial charge in [0.05, 0.1) is 5.71 Å². The minimum Gasteiger partial charge on any atom is -0.411 e. The predicted molar refractivity (Wildman–Crippen MR) is 103 cm³/mol. The van der Waals surface area contributed by atoms with Crippen molar-refractivity contribution in [3.05, 3.63) is 34.4 Å². The number of oxime groups is 1. The molecular weight excluding hydrogens is 294 g/mol. The molecule has 0 aromatic heterocycles. The van der Waals surface area contributed by atoms with E-state index >= 15 is 0 Å². The first-order valence-corrected chi connectivity index (χ1v) is 9.74. The van der Waals surface area contributed by atoms with Crippen LogP contribution in [0.4, 0.5) is 0 Å². The molecule has 0 spiro atoms. The van der Waals surface area contributed by atoms with E-state index in [9.17, 15) is 5.21 Å². The Balaban J connectivity index is 0.00000100. The van der Waals surface area contributed by atoms with Crippen molar-refractivity contribution in [2.75, 3.05) is 0 Å². The number of hydrogen-bond acceptors (Lipinski definition) is 2. The molecule has 134 valence electrons. The minimum atomic E-state index is 0.238. The molecule has 2 heteroatoms. The maximum Gasteiger partial charge on any atom is 0.0874 e. The van der Waals surface area contributed by atoms with Gasteiger partial charge in [0, 0.05) is 5.56 Å². The summed E-state index contributed by atoms with van der Waals surface area (Å²) in [5.74, 6) is 1.80. The average molecular weight is 330 g/mol. The Morgan fingerprint density at radius 3 is 2.50 bits per heavy atom. The highest BCUT2D eigenvalue weighted by Crippen LogP contribution is 2.52. The van der Waals surface area contributed by atoms with Gasteiger partial charge in [-0.15, -0.1) is 0 Å². The van der Waals surface area contributed by atoms with Crippen LogP contribution in [0.1, 0.15) is 95.4 Å². The number of aryl methyl sites for hydroxylation is 1. The van der Waals surface area contributed by atoms with Crippen molar-refractivity contribution in [2.24, 2.45) is 17.0 Å². The molecule has 0 radical (unpaired) electrons. The quantitative estimate of drug-likeness (QED) is 0.468. The van der Waals surface area contributed by atoms with Gasteiger partial charge in [0.1, 0.15) is 0 Å². The largest absolute Gasteiger partial charge is 0.411 e. The van der Waals surface area contributed by atoms with Gasteiger partial charge in [-0.1, -0.05) is 65.6 Å². The van der Waals surface area contributed by atoms with Crippen LogP contribution < -0.4 is 0 Å². The lowest BCUT2D eigenvalue weighted by Gasteiger charge is -2.49. The molecule has 2 aliphatic carbocycles. The third-order valence-electron chi connectivity index (χ3n) is 6.35. The third kappa shape index (κ3) is 3.00. The summed E-state index contributed by atoms with van der Waals surface area (Å²) in [5.41, 5.74) is 6.52. The molecule has 0 aliphatic heterocycles. The lowest BCUT2D eigenvalue weighted by Crippen LogP contribution is -2.45. The zero-order valence-corrected chi connectivity index (χ0v) is 16.6. The highest BCUT2D eigenvalue weighted by molar-refractivity contribution is 6.03. The summed E-state index contributed by atoms with van der Waals surface area (Å²) in [6.07, 6.45) is 4.79. The van der Waals surface area contributed by atoms with Gasteiger partial charge in [-0.25, -0.2) is 0 Å². The Labute approximate surface area is 148 Å². The molecule has 3 unspecified atom stereocenters. The maximum absolute atomic E-state index is 9.59. The molecular formula is C22H35NO. The van der Waals surface area contributed by atoms with Gasteiger partial charge in [0.2, 0.25) is 0 Å². The summed E-state index contributed by atoms with van der Waals surface area (Å²) in [6, 6.07) is 4.69. The van der Waals surface area contributed by atoms with Crippen LogP contribution in [0.2, 0.25) is 0 Å². The van der Waals surface area contributed by atoms with Gasteiger partial charge in [-0.2, -0.15) is 0 Å². The van der Waals surface area contributed by atoms with Crippen molar-refractivity contribution in [1.82, 2.24) is 0 Å². The van der Waals surface area contributed by atoms with E-state index in [1.165, 1.54) is 41.5 Å². The molecule has 1 aromatic carbocycles. The monoisotopic (exact) mass is 329 g/mol. The van der Waals surface area contributed by atoms with Gasteiger partial charge in [0.25, 0.3) is 0 Å². The first kappa shape index (κ1) is 19.0. The van der Waals surface area contributed by atoms with Gasteiger partial charge in [-0.3, -0.25) is 0 Å². The van der Waals surface area contributed by atoms with Gasteiger partial charge >= 0.3 is 0 Å². The number of hydrogen-bond donors (Lipinski definition) is 1. The first-order valence-electron chi connectivity index (χ1n) is 9.74. The minimum absolute atomic E-state index is 0.238. The molecule has 0 amide bonds. The molecule has 3 rings (SSSR count). The molecule has 0 heterocycles. The molecule has 2 aliphatic rings. The normalized spacial score (nSPS) is 30.4. The van der Waals surface area contributed by atoms with E-state index < -0.39 is 0 Å². The molecule has 1 N–H and O–H groups in total. The standard InChI is InChI=1S/C20H29NO.C2H6/c1-12(2)15-10-16-18(9-14(15)4)20(5)8-6-7-13(3)17(20)11-19(16)21-22;1-2/h9-10,12-13,17,22H,6-8,11H2,1-5H3;1-2H3/b21-19+;. The van der Waals surface area contributed by atoms with Crippen LogP contribution in [0.5, 0.6) is 0 Å². The summed E-state index contributed by atoms with van der Waals surface area (Å²) in [6.45, 7) is 15.5. The van der Waals surface area contributed by atoms with E-state index in [-0.39, 0.29) is 5.41 Å². The first-order chi connectivity index (χ1) is 11.4. The van der Waals surface area contributed by atoms with Crippen LogP contribution in [0.3, 0.4) is 0 Å². The van der Waals surface area contributed by atoms with Gasteiger partial charge < -0.3 is 5.21 Å². The van der Waals surface area contributed by atoms with Crippen LogP contribution in [0.25, 0.3) is 0 Å². The van der Waals surface area contributed by atoms with E-state index in [4.69, 9.17) is 0 Å². The second kappa shape index (κ2) is 7.29. The number of nitrogens with zero attached hydrogens (tertiary/aromatic N) is 1. The van der Waals surface area contributed by atoms with Crippen molar-refractivity contribution in [3.8, 4) is 0 Å². The molecule has 0 bridgehead atoms. The van der Waals surface area contributed by atoms with E-state index in [1.807, 2.05) is 13.8 Å². The summed E-state index contributed by atoms with van der Waals surface area (Å²) in [7, 11) is 0. The number of rotatable bonds is 1. The molecule has 1 saturated carbocycles. The fourth-order valence-corrected chi connectivity index (χ4v) is 5.04. The highest BCUT2D eigenvalue weighted by Gasteiger charge is 2.47. The zero-order chi connectivity index (χ0) is 18.1. The lowest BCUT2D eigenvalue weighted by atomic mass is 9.54. The summed E-state index contributed by atoms with van der Waals surface area (Å²) in [4.78, 5) is 0. The van der Waals surface area contributed by atoms with Crippen LogP contribution in [0, 0.1) is 18.8 Å². The van der Waals surface area contributed by atoms with Crippen LogP contribution in [-0.2, 0) is 5.41 Å². The van der Waals surface area contributed by atoms with Crippen LogP contribution in [-0.4, -0.2) is 10.9 Å². The van der Waals surface area contributed by atoms with Crippen molar-refractivity contribution in [2.45, 2.75) is 85.5 Å². The number of benzene rings is 1. The lowest BCUT2D eigenvalue weighted by molar-refractivity contribution is 0.138. The van der Waals surface area contributed by atoms with E-state index in [2.05, 4.69) is 51.9 Å². The van der Waals surface area contributed by atoms with Crippen LogP contribution >= 0.6 is 0 Å². The zero-order valence-electron chi connectivity index (χ0n) is 16.6. The van der Waals surface area contributed by atoms with Crippen LogP contribution in [0.15, 0.2) is 17.3 Å². The second-order valence-corrected chi connectivity index (χ2v) is 8.05. The van der Waals surface area contributed by atoms with Crippen molar-refractivity contribution < 1.29 is 5.21 Å². The van der Waals surface area contributed by atoms with Gasteiger partial charge in [-0.05, 0) is 65.7 Å². The van der Waals surface area contributed by atoms with Crippen molar-refractivity contribution in [3.63, 3.8) is 0 Å². The van der Waals surface area contributed by atoms with Crippen molar-refractivity contribution >= 4 is 5.71 Å². The van der Waals surface area contributed by atoms with Gasteiger partial charge in [0.15, 0.2) is 0 Å². The van der Waals surface area contributed by atoms with Crippen molar-refractivity contribution in [1.29, 1.82) is 0 Å². The Kier molecular flexibility index (Phi) is 5.78. The topological polar surface area (TPSA) is 32.6 Å². The molecule has 3 atom stereocenters. The van der Waals surface area contributed by atoms with E-state index in [0.29, 0.717) is 17.8 Å². The fourth-order valence-electron chi connectivity index (χ4n) is 5.04. The third-order valence-corrected chi connectivity index (χ3v) is 6.35. The summed E-state index contributed by atoms with van der Waals surface area (Å²) < 4.78 is 0. The predicted octanol–water partition coefficient (Wildman–Crippen LogP) is 6.42. The molecule has 2 nitrogen and oxygen atoms in total. The molecule has 0 saturated heterocycles. The highest BCUT2D eigenvalue weighted by atomic mass is 16.4. The smallest absolute Gasteiger partial charge is 0.0874 e. The maximum atomic E-state index is 9.59.